The predicted octanol–water partition coefficient (Wildman–Crippen LogP) is 17.0. The van der Waals surface area contributed by atoms with Gasteiger partial charge in [0, 0.05) is 16.8 Å². The average Bonchev–Trinajstić information content (AvgIpc) is 3.73. The molecule has 4 aliphatic rings. The molecule has 0 spiro atoms. The number of ether oxygens (including phenoxy) is 2. The summed E-state index contributed by atoms with van der Waals surface area (Å²) in [6, 6.07) is 65.6. The summed E-state index contributed by atoms with van der Waals surface area (Å²) in [7, 11) is 0. The molecule has 69 heavy (non-hydrogen) atoms. The van der Waals surface area contributed by atoms with Gasteiger partial charge in [0.1, 0.15) is 0 Å². The van der Waals surface area contributed by atoms with Crippen LogP contribution in [0.1, 0.15) is 78.5 Å². The zero-order chi connectivity index (χ0) is 47.3. The molecule has 1 heterocycles. The Hall–Kier alpha value is -8.21. The van der Waals surface area contributed by atoms with E-state index in [4.69, 9.17) is 20.6 Å². The summed E-state index contributed by atoms with van der Waals surface area (Å²) < 4.78 is 13.8. The molecule has 8 aromatic rings. The van der Waals surface area contributed by atoms with Gasteiger partial charge in [-0.1, -0.05) is 214 Å². The van der Waals surface area contributed by atoms with E-state index in [0.717, 1.165) is 70.8 Å². The van der Waals surface area contributed by atoms with E-state index in [9.17, 15) is 0 Å². The molecule has 4 heteroatoms. The van der Waals surface area contributed by atoms with Crippen LogP contribution in [0, 0.1) is 12.3 Å². The van der Waals surface area contributed by atoms with E-state index < -0.39 is 5.41 Å². The summed E-state index contributed by atoms with van der Waals surface area (Å²) in [6.07, 6.45) is 14.0. The molecule has 1 aliphatic heterocycles. The topological polar surface area (TPSA) is 68.3 Å². The van der Waals surface area contributed by atoms with E-state index in [-0.39, 0.29) is 0 Å². The lowest BCUT2D eigenvalue weighted by Gasteiger charge is -2.35. The monoisotopic (exact) mass is 896 g/mol. The second kappa shape index (κ2) is 19.6. The van der Waals surface area contributed by atoms with Crippen LogP contribution in [0.5, 0.6) is 23.0 Å². The van der Waals surface area contributed by atoms with Crippen molar-refractivity contribution in [3.05, 3.63) is 269 Å². The maximum atomic E-state index is 8.76. The normalized spacial score (nSPS) is 15.0. The van der Waals surface area contributed by atoms with Gasteiger partial charge in [0.25, 0.3) is 0 Å². The van der Waals surface area contributed by atoms with Crippen LogP contribution in [0.15, 0.2) is 230 Å². The second-order valence-corrected chi connectivity index (χ2v) is 17.6. The summed E-state index contributed by atoms with van der Waals surface area (Å²) in [5.41, 5.74) is 22.3. The molecule has 0 saturated heterocycles. The number of rotatable bonds is 7. The number of allylic oxidation sites excluding steroid dienone is 9. The first kappa shape index (κ1) is 44.6. The van der Waals surface area contributed by atoms with E-state index in [1.165, 1.54) is 55.3 Å². The average molecular weight is 897 g/mol. The van der Waals surface area contributed by atoms with E-state index in [0.29, 0.717) is 17.2 Å². The van der Waals surface area contributed by atoms with Crippen LogP contribution in [-0.4, -0.2) is 5.71 Å². The first-order valence-electron chi connectivity index (χ1n) is 24.2. The molecule has 0 saturated carbocycles. The molecule has 0 unspecified atom stereocenters. The molecule has 0 amide bonds. The highest BCUT2D eigenvalue weighted by molar-refractivity contribution is 6.10. The fourth-order valence-corrected chi connectivity index (χ4v) is 10.5. The lowest BCUT2D eigenvalue weighted by molar-refractivity contribution is 0.357. The molecule has 338 valence electrons. The first-order valence-corrected chi connectivity index (χ1v) is 24.2. The highest BCUT2D eigenvalue weighted by atomic mass is 16.6. The van der Waals surface area contributed by atoms with Crippen LogP contribution in [0.4, 0.5) is 0 Å². The Kier molecular flexibility index (Phi) is 12.6. The zero-order valence-electron chi connectivity index (χ0n) is 39.5. The zero-order valence-corrected chi connectivity index (χ0v) is 39.5. The van der Waals surface area contributed by atoms with Gasteiger partial charge in [-0.25, -0.2) is 0 Å². The maximum Gasteiger partial charge on any atom is 0.178 e. The van der Waals surface area contributed by atoms with Gasteiger partial charge in [-0.2, -0.15) is 0 Å². The summed E-state index contributed by atoms with van der Waals surface area (Å²) in [5, 5.41) is 11.4. The molecule has 12 rings (SSSR count). The van der Waals surface area contributed by atoms with Crippen molar-refractivity contribution in [2.24, 2.45) is 5.73 Å². The number of hydrogen-bond acceptors (Lipinski definition) is 4. The lowest BCUT2D eigenvalue weighted by Crippen LogP contribution is -2.29. The molecule has 0 atom stereocenters. The molecule has 3 aliphatic carbocycles. The maximum absolute atomic E-state index is 8.76. The summed E-state index contributed by atoms with van der Waals surface area (Å²) in [5.74, 6) is 2.98. The van der Waals surface area contributed by atoms with Gasteiger partial charge >= 0.3 is 0 Å². The number of para-hydroxylation sites is 1. The summed E-state index contributed by atoms with van der Waals surface area (Å²) in [4.78, 5) is 0. The number of aryl methyl sites for hydroxylation is 1. The summed E-state index contributed by atoms with van der Waals surface area (Å²) >= 11 is 0. The van der Waals surface area contributed by atoms with Crippen LogP contribution in [0.3, 0.4) is 0 Å². The molecule has 8 aromatic carbocycles. The van der Waals surface area contributed by atoms with Gasteiger partial charge in [0.2, 0.25) is 0 Å². The highest BCUT2D eigenvalue weighted by Crippen LogP contribution is 2.62. The van der Waals surface area contributed by atoms with Crippen LogP contribution in [-0.2, 0) is 5.41 Å². The van der Waals surface area contributed by atoms with E-state index in [2.05, 4.69) is 171 Å². The Balaban J connectivity index is 0.000000243. The smallest absolute Gasteiger partial charge is 0.178 e. The van der Waals surface area contributed by atoms with Crippen molar-refractivity contribution in [3.63, 3.8) is 0 Å². The van der Waals surface area contributed by atoms with Gasteiger partial charge in [-0.3, -0.25) is 0 Å². The van der Waals surface area contributed by atoms with E-state index in [1.807, 2.05) is 62.4 Å². The lowest BCUT2D eigenvalue weighted by atomic mass is 9.66. The number of benzene rings is 8. The van der Waals surface area contributed by atoms with Gasteiger partial charge in [0.05, 0.1) is 11.1 Å². The minimum absolute atomic E-state index is 0.437. The molecule has 4 nitrogen and oxygen atoms in total. The Morgan fingerprint density at radius 1 is 0.580 bits per heavy atom. The number of fused-ring (bicyclic) bond motifs is 6. The Bertz CT molecular complexity index is 3320. The summed E-state index contributed by atoms with van der Waals surface area (Å²) in [6.45, 7) is 6.16. The second-order valence-electron chi connectivity index (χ2n) is 17.6. The van der Waals surface area contributed by atoms with Crippen molar-refractivity contribution in [1.82, 2.24) is 0 Å². The SMILES string of the molecule is CC.Cc1ccc(-c2ccccc2)c2ccccc12.N=C(/C=C(\N)c1ccccc1)C1=CC=C(c2cccc3c2Oc2c(ccc4c2C2=C(C=CCC2)C4(c2ccccc2)c2ccccc2)O3)CC1. The van der Waals surface area contributed by atoms with Crippen molar-refractivity contribution >= 4 is 33.3 Å². The fourth-order valence-electron chi connectivity index (χ4n) is 10.5. The fraction of sp³-hybridized carbons (Fsp3) is 0.123. The quantitative estimate of drug-likeness (QED) is 0.157. The van der Waals surface area contributed by atoms with Crippen molar-refractivity contribution in [3.8, 4) is 34.1 Å². The van der Waals surface area contributed by atoms with Crippen molar-refractivity contribution < 1.29 is 9.47 Å². The third-order valence-corrected chi connectivity index (χ3v) is 13.7. The third kappa shape index (κ3) is 8.23. The van der Waals surface area contributed by atoms with Gasteiger partial charge < -0.3 is 20.6 Å². The minimum Gasteiger partial charge on any atom is -0.449 e. The number of nitrogens with one attached hydrogen (secondary N) is 1. The van der Waals surface area contributed by atoms with Crippen molar-refractivity contribution in [1.29, 1.82) is 5.41 Å². The van der Waals surface area contributed by atoms with Crippen molar-refractivity contribution in [2.45, 2.75) is 51.9 Å². The third-order valence-electron chi connectivity index (χ3n) is 13.7. The number of nitrogens with two attached hydrogens (primary N) is 1. The largest absolute Gasteiger partial charge is 0.449 e. The van der Waals surface area contributed by atoms with Crippen LogP contribution in [0.25, 0.3) is 38.7 Å². The molecular formula is C65H56N2O2. The van der Waals surface area contributed by atoms with E-state index >= 15 is 0 Å². The highest BCUT2D eigenvalue weighted by Gasteiger charge is 2.49. The van der Waals surface area contributed by atoms with Crippen LogP contribution < -0.4 is 15.2 Å². The van der Waals surface area contributed by atoms with Crippen LogP contribution in [0.2, 0.25) is 0 Å². The molecule has 0 aromatic heterocycles. The minimum atomic E-state index is -0.474. The standard InChI is InChI=1S/C46H36N2O2.C17H14.C2H6/c47-39(31-13-4-1-5-14-31)29-40(48)32-25-23-30(24-26-32)35-20-12-22-41-44(35)50-45-42(49-41)28-27-38-43(45)36-19-10-11-21-37(36)46(38,33-15-6-2-7-16-33)34-17-8-3-9-18-34;1-13-11-12-16(14-7-3-2-4-8-14)17-10-6-5-9-15(13)17;1-2/h1-9,11-18,20-23,25,27-29,48H,10,19,24,26,47H2;2-12H,1H3;1-2H3/b39-29-,48-40?;;. The molecule has 3 N–H and O–H groups in total. The van der Waals surface area contributed by atoms with Gasteiger partial charge in [0.15, 0.2) is 23.0 Å². The Labute approximate surface area is 406 Å². The molecule has 0 bridgehead atoms. The first-order chi connectivity index (χ1) is 34.0. The molecule has 0 radical (unpaired) electrons. The van der Waals surface area contributed by atoms with E-state index in [1.54, 1.807) is 6.08 Å². The molecular weight excluding hydrogens is 841 g/mol. The van der Waals surface area contributed by atoms with Crippen molar-refractivity contribution in [2.75, 3.05) is 0 Å². The van der Waals surface area contributed by atoms with Gasteiger partial charge in [-0.05, 0) is 123 Å². The Morgan fingerprint density at radius 3 is 1.90 bits per heavy atom. The van der Waals surface area contributed by atoms with Gasteiger partial charge in [-0.15, -0.1) is 0 Å². The molecule has 0 fully saturated rings. The van der Waals surface area contributed by atoms with Crippen LogP contribution >= 0.6 is 0 Å². The Morgan fingerprint density at radius 2 is 1.22 bits per heavy atom. The predicted molar refractivity (Wildman–Crippen MR) is 288 cm³/mol. The number of hydrogen-bond donors (Lipinski definition) is 2.